The second-order valence-electron chi connectivity index (χ2n) is 5.66. The summed E-state index contributed by atoms with van der Waals surface area (Å²) in [5.74, 6) is 1.09. The van der Waals surface area contributed by atoms with Gasteiger partial charge in [-0.25, -0.2) is 4.98 Å². The van der Waals surface area contributed by atoms with Gasteiger partial charge in [-0.15, -0.1) is 0 Å². The molecule has 1 amide bonds. The zero-order valence-corrected chi connectivity index (χ0v) is 15.7. The van der Waals surface area contributed by atoms with Crippen LogP contribution in [0.4, 0.5) is 5.13 Å². The van der Waals surface area contributed by atoms with Crippen LogP contribution in [0.15, 0.2) is 42.5 Å². The number of methoxy groups -OCH3 is 1. The average molecular weight is 368 g/mol. The third kappa shape index (κ3) is 4.21. The van der Waals surface area contributed by atoms with Crippen molar-refractivity contribution in [3.63, 3.8) is 0 Å². The number of rotatable bonds is 6. The first kappa shape index (κ1) is 17.9. The quantitative estimate of drug-likeness (QED) is 0.643. The van der Waals surface area contributed by atoms with E-state index in [0.29, 0.717) is 23.2 Å². The molecule has 134 valence electrons. The van der Waals surface area contributed by atoms with Crippen LogP contribution in [-0.4, -0.2) is 24.6 Å². The monoisotopic (exact) mass is 368 g/mol. The number of nitrogens with zero attached hydrogens (tertiary/aromatic N) is 1. The maximum Gasteiger partial charge on any atom is 0.250 e. The zero-order chi connectivity index (χ0) is 18.5. The minimum absolute atomic E-state index is 0.228. The topological polar surface area (TPSA) is 60.5 Å². The van der Waals surface area contributed by atoms with Gasteiger partial charge >= 0.3 is 0 Å². The summed E-state index contributed by atoms with van der Waals surface area (Å²) >= 11 is 1.46. The first-order chi connectivity index (χ1) is 12.6. The van der Waals surface area contributed by atoms with E-state index in [9.17, 15) is 4.79 Å². The Kier molecular flexibility index (Phi) is 5.53. The van der Waals surface area contributed by atoms with Gasteiger partial charge in [0.2, 0.25) is 5.91 Å². The predicted molar refractivity (Wildman–Crippen MR) is 106 cm³/mol. The third-order valence-electron chi connectivity index (χ3n) is 3.69. The molecule has 0 saturated heterocycles. The van der Waals surface area contributed by atoms with Crippen molar-refractivity contribution in [2.75, 3.05) is 19.0 Å². The number of carbonyl (C=O) groups is 1. The molecule has 1 N–H and O–H groups in total. The SMILES string of the molecule is CCOc1ccc(/C=C/C(=O)Nc2nc3ccc(C)cc3s2)cc1OC. The zero-order valence-electron chi connectivity index (χ0n) is 14.9. The fourth-order valence-electron chi connectivity index (χ4n) is 2.47. The summed E-state index contributed by atoms with van der Waals surface area (Å²) in [4.78, 5) is 16.6. The lowest BCUT2D eigenvalue weighted by Gasteiger charge is -2.09. The first-order valence-electron chi connectivity index (χ1n) is 8.26. The summed E-state index contributed by atoms with van der Waals surface area (Å²) in [5.41, 5.74) is 2.90. The molecule has 1 aromatic heterocycles. The fraction of sp³-hybridized carbons (Fsp3) is 0.200. The molecule has 0 radical (unpaired) electrons. The van der Waals surface area contributed by atoms with Crippen molar-refractivity contribution in [1.82, 2.24) is 4.98 Å². The van der Waals surface area contributed by atoms with E-state index in [1.54, 1.807) is 13.2 Å². The number of aryl methyl sites for hydroxylation is 1. The number of hydrogen-bond donors (Lipinski definition) is 1. The highest BCUT2D eigenvalue weighted by Crippen LogP contribution is 2.29. The highest BCUT2D eigenvalue weighted by Gasteiger charge is 2.07. The predicted octanol–water partition coefficient (Wildman–Crippen LogP) is 4.66. The standard InChI is InChI=1S/C20H20N2O3S/c1-4-25-16-9-6-14(12-17(16)24-3)7-10-19(23)22-20-21-15-8-5-13(2)11-18(15)26-20/h5-12H,4H2,1-3H3,(H,21,22,23)/b10-7+. The smallest absolute Gasteiger partial charge is 0.250 e. The molecular weight excluding hydrogens is 348 g/mol. The molecule has 0 aliphatic rings. The minimum atomic E-state index is -0.228. The molecule has 6 heteroatoms. The molecule has 0 fully saturated rings. The molecule has 0 atom stereocenters. The van der Waals surface area contributed by atoms with E-state index in [0.717, 1.165) is 15.8 Å². The molecule has 5 nitrogen and oxygen atoms in total. The lowest BCUT2D eigenvalue weighted by Crippen LogP contribution is -2.07. The maximum absolute atomic E-state index is 12.2. The van der Waals surface area contributed by atoms with Gasteiger partial charge in [0.15, 0.2) is 16.6 Å². The van der Waals surface area contributed by atoms with Gasteiger partial charge in [-0.2, -0.15) is 0 Å². The fourth-order valence-corrected chi connectivity index (χ4v) is 3.43. The van der Waals surface area contributed by atoms with Crippen molar-refractivity contribution in [3.05, 3.63) is 53.6 Å². The molecule has 0 aliphatic heterocycles. The van der Waals surface area contributed by atoms with Gasteiger partial charge in [-0.1, -0.05) is 23.5 Å². The van der Waals surface area contributed by atoms with E-state index in [1.165, 1.54) is 23.0 Å². The summed E-state index contributed by atoms with van der Waals surface area (Å²) in [6.45, 7) is 4.52. The van der Waals surface area contributed by atoms with Gasteiger partial charge in [-0.05, 0) is 55.3 Å². The van der Waals surface area contributed by atoms with Gasteiger partial charge in [0.1, 0.15) is 0 Å². The molecule has 3 rings (SSSR count). The average Bonchev–Trinajstić information content (AvgIpc) is 3.02. The van der Waals surface area contributed by atoms with Crippen molar-refractivity contribution >= 4 is 38.7 Å². The number of ether oxygens (including phenoxy) is 2. The number of hydrogen-bond acceptors (Lipinski definition) is 5. The number of amides is 1. The summed E-state index contributed by atoms with van der Waals surface area (Å²) < 4.78 is 11.9. The second-order valence-corrected chi connectivity index (χ2v) is 6.69. The summed E-state index contributed by atoms with van der Waals surface area (Å²) in [7, 11) is 1.59. The van der Waals surface area contributed by atoms with Crippen LogP contribution in [0.5, 0.6) is 11.5 Å². The van der Waals surface area contributed by atoms with Gasteiger partial charge in [0.25, 0.3) is 0 Å². The normalized spacial score (nSPS) is 11.0. The van der Waals surface area contributed by atoms with Crippen molar-refractivity contribution in [2.24, 2.45) is 0 Å². The van der Waals surface area contributed by atoms with E-state index in [2.05, 4.69) is 16.4 Å². The van der Waals surface area contributed by atoms with Crippen LogP contribution in [0.1, 0.15) is 18.1 Å². The van der Waals surface area contributed by atoms with Crippen molar-refractivity contribution in [3.8, 4) is 11.5 Å². The minimum Gasteiger partial charge on any atom is -0.493 e. The van der Waals surface area contributed by atoms with Crippen molar-refractivity contribution < 1.29 is 14.3 Å². The van der Waals surface area contributed by atoms with Crippen LogP contribution < -0.4 is 14.8 Å². The van der Waals surface area contributed by atoms with E-state index >= 15 is 0 Å². The Balaban J connectivity index is 1.70. The Hall–Kier alpha value is -2.86. The summed E-state index contributed by atoms with van der Waals surface area (Å²) in [6.07, 6.45) is 3.21. The van der Waals surface area contributed by atoms with E-state index in [4.69, 9.17) is 9.47 Å². The highest BCUT2D eigenvalue weighted by atomic mass is 32.1. The molecule has 2 aromatic carbocycles. The van der Waals surface area contributed by atoms with Gasteiger partial charge < -0.3 is 9.47 Å². The molecular formula is C20H20N2O3S. The highest BCUT2D eigenvalue weighted by molar-refractivity contribution is 7.22. The number of anilines is 1. The molecule has 0 unspecified atom stereocenters. The number of benzene rings is 2. The number of aromatic nitrogens is 1. The third-order valence-corrected chi connectivity index (χ3v) is 4.62. The van der Waals surface area contributed by atoms with Crippen molar-refractivity contribution in [2.45, 2.75) is 13.8 Å². The Morgan fingerprint density at radius 2 is 2.08 bits per heavy atom. The van der Waals surface area contributed by atoms with Crippen LogP contribution in [0.25, 0.3) is 16.3 Å². The van der Waals surface area contributed by atoms with Crippen molar-refractivity contribution in [1.29, 1.82) is 0 Å². The van der Waals surface area contributed by atoms with E-state index in [1.807, 2.05) is 44.2 Å². The number of thiazole rings is 1. The second kappa shape index (κ2) is 8.01. The van der Waals surface area contributed by atoms with Crippen LogP contribution in [-0.2, 0) is 4.79 Å². The van der Waals surface area contributed by atoms with Gasteiger partial charge in [0, 0.05) is 6.08 Å². The number of carbonyl (C=O) groups excluding carboxylic acids is 1. The molecule has 0 spiro atoms. The Morgan fingerprint density at radius 1 is 1.23 bits per heavy atom. The summed E-state index contributed by atoms with van der Waals surface area (Å²) in [6, 6.07) is 11.6. The number of fused-ring (bicyclic) bond motifs is 1. The van der Waals surface area contributed by atoms with Crippen LogP contribution in [0.3, 0.4) is 0 Å². The lowest BCUT2D eigenvalue weighted by molar-refractivity contribution is -0.111. The number of nitrogens with one attached hydrogen (secondary N) is 1. The van der Waals surface area contributed by atoms with Crippen LogP contribution in [0.2, 0.25) is 0 Å². The Bertz CT molecular complexity index is 963. The van der Waals surface area contributed by atoms with Gasteiger partial charge in [-0.3, -0.25) is 10.1 Å². The molecule has 26 heavy (non-hydrogen) atoms. The van der Waals surface area contributed by atoms with Crippen LogP contribution >= 0.6 is 11.3 Å². The lowest BCUT2D eigenvalue weighted by atomic mass is 10.2. The van der Waals surface area contributed by atoms with Crippen LogP contribution in [0, 0.1) is 6.92 Å². The Labute approximate surface area is 156 Å². The van der Waals surface area contributed by atoms with Gasteiger partial charge in [0.05, 0.1) is 23.9 Å². The van der Waals surface area contributed by atoms with E-state index < -0.39 is 0 Å². The largest absolute Gasteiger partial charge is 0.493 e. The first-order valence-corrected chi connectivity index (χ1v) is 9.08. The molecule has 1 heterocycles. The molecule has 0 aliphatic carbocycles. The molecule has 3 aromatic rings. The summed E-state index contributed by atoms with van der Waals surface area (Å²) in [5, 5.41) is 3.39. The Morgan fingerprint density at radius 3 is 2.85 bits per heavy atom. The molecule has 0 saturated carbocycles. The maximum atomic E-state index is 12.2. The van der Waals surface area contributed by atoms with E-state index in [-0.39, 0.29) is 5.91 Å². The molecule has 0 bridgehead atoms.